The van der Waals surface area contributed by atoms with Gasteiger partial charge in [-0.05, 0) is 194 Å². The maximum absolute atomic E-state index is 9.10. The topological polar surface area (TPSA) is 87.2 Å². The van der Waals surface area contributed by atoms with E-state index in [1.54, 1.807) is 27.7 Å². The van der Waals surface area contributed by atoms with Gasteiger partial charge in [0.2, 0.25) is 0 Å². The highest BCUT2D eigenvalue weighted by molar-refractivity contribution is 14.1. The van der Waals surface area contributed by atoms with Crippen LogP contribution in [-0.2, 0) is 18.6 Å². The van der Waals surface area contributed by atoms with E-state index < -0.39 is 52.7 Å². The summed E-state index contributed by atoms with van der Waals surface area (Å²) in [4.78, 5) is 3.94. The zero-order valence-corrected chi connectivity index (χ0v) is 72.2. The predicted octanol–water partition coefficient (Wildman–Crippen LogP) is 16.8. The Labute approximate surface area is 679 Å². The lowest BCUT2D eigenvalue weighted by Gasteiger charge is -2.34. The molecule has 12 aromatic carbocycles. The van der Waals surface area contributed by atoms with E-state index in [4.69, 9.17) is 36.6 Å². The van der Waals surface area contributed by atoms with Crippen LogP contribution >= 0.6 is 61.1 Å². The summed E-state index contributed by atoms with van der Waals surface area (Å²) >= 11 is 7.98. The molecule has 548 valence electrons. The molecule has 2 radical (unpaired) electrons. The van der Waals surface area contributed by atoms with Crippen molar-refractivity contribution in [3.63, 3.8) is 0 Å². The highest BCUT2D eigenvalue weighted by atomic mass is 127. The number of rotatable bonds is 12. The fourth-order valence-corrected chi connectivity index (χ4v) is 24.3. The van der Waals surface area contributed by atoms with Crippen LogP contribution in [0.5, 0.6) is 0 Å². The molecule has 2 N–H and O–H groups in total. The summed E-state index contributed by atoms with van der Waals surface area (Å²) in [7, 11) is -0.817. The van der Waals surface area contributed by atoms with Crippen molar-refractivity contribution in [1.29, 1.82) is 0 Å². The summed E-state index contributed by atoms with van der Waals surface area (Å²) in [5.41, 5.74) is 4.67. The summed E-state index contributed by atoms with van der Waals surface area (Å²) < 4.78 is 29.4. The molecule has 0 saturated carbocycles. The van der Waals surface area contributed by atoms with Crippen molar-refractivity contribution in [2.45, 2.75) is 117 Å². The first-order valence-electron chi connectivity index (χ1n) is 36.6. The van der Waals surface area contributed by atoms with Gasteiger partial charge in [0.15, 0.2) is 16.1 Å². The molecule has 0 aliphatic carbocycles. The van der Waals surface area contributed by atoms with E-state index in [9.17, 15) is 0 Å². The largest absolute Gasteiger partial charge is 0.494 e. The fourth-order valence-electron chi connectivity index (χ4n) is 14.4. The van der Waals surface area contributed by atoms with E-state index >= 15 is 0 Å². The second-order valence-corrected chi connectivity index (χ2v) is 38.8. The average Bonchev–Trinajstić information content (AvgIpc) is 1.38. The summed E-state index contributed by atoms with van der Waals surface area (Å²) in [6.45, 7) is 22.6. The Morgan fingerprint density at radius 2 is 0.602 bits per heavy atom. The number of halogens is 3. The molecule has 2 aliphatic rings. The molecule has 2 aromatic heterocycles. The van der Waals surface area contributed by atoms with Crippen LogP contribution in [0.25, 0.3) is 55.0 Å². The van der Waals surface area contributed by atoms with E-state index in [2.05, 4.69) is 413 Å². The van der Waals surface area contributed by atoms with Crippen molar-refractivity contribution in [2.75, 3.05) is 9.86 Å². The van der Waals surface area contributed by atoms with Gasteiger partial charge in [-0.2, -0.15) is 0 Å². The van der Waals surface area contributed by atoms with Crippen LogP contribution in [0.1, 0.15) is 83.1 Å². The van der Waals surface area contributed by atoms with E-state index in [0.29, 0.717) is 0 Å². The second-order valence-electron chi connectivity index (χ2n) is 30.3. The van der Waals surface area contributed by atoms with Crippen LogP contribution < -0.4 is 47.0 Å². The Morgan fingerprint density at radius 3 is 0.898 bits per heavy atom. The number of aliphatic hydroxyl groups is 2. The molecular formula is C92H96B3BrI2N2O6Si2. The zero-order chi connectivity index (χ0) is 77.5. The van der Waals surface area contributed by atoms with Crippen LogP contribution in [0.3, 0.4) is 0 Å². The van der Waals surface area contributed by atoms with E-state index in [1.165, 1.54) is 85.1 Å². The van der Waals surface area contributed by atoms with Crippen molar-refractivity contribution in [3.8, 4) is 11.4 Å². The third kappa shape index (κ3) is 16.3. The van der Waals surface area contributed by atoms with Crippen molar-refractivity contribution < 1.29 is 28.8 Å². The predicted molar refractivity (Wildman–Crippen MR) is 487 cm³/mol. The molecule has 2 aliphatic heterocycles. The molecule has 16 rings (SSSR count). The lowest BCUT2D eigenvalue weighted by Crippen LogP contribution is -2.74. The zero-order valence-electron chi connectivity index (χ0n) is 64.3. The number of alkyl halides is 2. The number of para-hydroxylation sites is 2. The molecular weight excluding hydrogens is 1650 g/mol. The van der Waals surface area contributed by atoms with Gasteiger partial charge in [0.25, 0.3) is 0 Å². The minimum Gasteiger partial charge on any atom is -0.411 e. The van der Waals surface area contributed by atoms with Crippen LogP contribution in [0.2, 0.25) is 0 Å². The highest BCUT2D eigenvalue weighted by Crippen LogP contribution is 2.39. The number of aromatic nitrogens is 2. The second kappa shape index (κ2) is 34.0. The number of fused-ring (bicyclic) bond motifs is 6. The third-order valence-corrected chi connectivity index (χ3v) is 32.0. The van der Waals surface area contributed by atoms with Crippen molar-refractivity contribution >= 4 is 190 Å². The molecule has 8 nitrogen and oxygen atoms in total. The van der Waals surface area contributed by atoms with Gasteiger partial charge in [0.1, 0.15) is 7.74 Å². The van der Waals surface area contributed by atoms with E-state index in [-0.39, 0.29) is 11.2 Å². The van der Waals surface area contributed by atoms with Crippen molar-refractivity contribution in [3.05, 3.63) is 320 Å². The standard InChI is InChI=1S/C42H38BNO2Si.C36H26BrNSi.C6H12B2O2.C6H14O2.2CH3I/c1-41(2)42(3,4)46-43(45-41)31-17-16-18-32(29-31)44-39-26-15-14-25-37(39)38-30-36(27-28-40(38)44)47(33-19-8-5-9-20-33,34-21-10-6-11-22-34)35-23-12-7-13-24-35;37-27-13-12-14-28(25-27)38-35-22-11-10-21-33(35)34-26-32(23-24-36(34)38)39(29-15-4-1-5-16-29,30-17-6-2-7-18-30)31-19-8-3-9-20-31;1-5(2)6(3,4)10-8(7)9-5;1-5(2,7)6(3,4)8;2*1-2/h5-30H,1-4H3;1-26H;1-4H3;7-8H,1-4H3;2*1H3. The first-order chi connectivity index (χ1) is 51.7. The molecule has 0 atom stereocenters. The molecule has 0 spiro atoms. The Balaban J connectivity index is 0.000000170. The van der Waals surface area contributed by atoms with Gasteiger partial charge in [-0.25, -0.2) is 0 Å². The summed E-state index contributed by atoms with van der Waals surface area (Å²) in [5.74, 6) is 0. The fraction of sp³-hybridized carbons (Fsp3) is 0.217. The van der Waals surface area contributed by atoms with Crippen LogP contribution in [0.15, 0.2) is 320 Å². The third-order valence-electron chi connectivity index (χ3n) is 21.9. The Kier molecular flexibility index (Phi) is 25.7. The Hall–Kier alpha value is -7.43. The normalized spacial score (nSPS) is 15.0. The van der Waals surface area contributed by atoms with Gasteiger partial charge in [0.05, 0.1) is 55.7 Å². The quantitative estimate of drug-likeness (QED) is 0.0549. The molecule has 108 heavy (non-hydrogen) atoms. The maximum atomic E-state index is 9.10. The summed E-state index contributed by atoms with van der Waals surface area (Å²) in [6, 6.07) is 116. The lowest BCUT2D eigenvalue weighted by molar-refractivity contribution is -0.107. The Bertz CT molecular complexity index is 5080. The van der Waals surface area contributed by atoms with Gasteiger partial charge in [-0.1, -0.05) is 322 Å². The molecule has 14 aromatic rings. The van der Waals surface area contributed by atoms with Gasteiger partial charge in [-0.15, -0.1) is 0 Å². The van der Waals surface area contributed by atoms with Crippen LogP contribution in [0, 0.1) is 0 Å². The van der Waals surface area contributed by atoms with Gasteiger partial charge in [-0.3, -0.25) is 0 Å². The Morgan fingerprint density at radius 1 is 0.324 bits per heavy atom. The lowest BCUT2D eigenvalue weighted by atomic mass is 9.63. The van der Waals surface area contributed by atoms with Crippen molar-refractivity contribution in [2.24, 2.45) is 0 Å². The average molecular weight is 1750 g/mol. The van der Waals surface area contributed by atoms with Crippen LogP contribution in [0.4, 0.5) is 0 Å². The molecule has 16 heteroatoms. The van der Waals surface area contributed by atoms with Gasteiger partial charge >= 0.3 is 14.1 Å². The highest BCUT2D eigenvalue weighted by Gasteiger charge is 2.52. The first kappa shape index (κ1) is 81.6. The van der Waals surface area contributed by atoms with E-state index in [0.717, 1.165) is 21.3 Å². The van der Waals surface area contributed by atoms with E-state index in [1.807, 2.05) is 37.6 Å². The molecule has 0 bridgehead atoms. The minimum atomic E-state index is -2.67. The smallest absolute Gasteiger partial charge is 0.411 e. The van der Waals surface area contributed by atoms with Gasteiger partial charge in [0, 0.05) is 37.4 Å². The minimum absolute atomic E-state index is 0.285. The number of nitrogens with zero attached hydrogens (tertiary/aromatic N) is 2. The monoisotopic (exact) mass is 1750 g/mol. The number of hydrogen-bond donors (Lipinski definition) is 2. The summed E-state index contributed by atoms with van der Waals surface area (Å²) in [5, 5.41) is 34.3. The molecule has 0 unspecified atom stereocenters. The molecule has 0 amide bonds. The first-order valence-corrected chi connectivity index (χ1v) is 45.7. The SMILES string of the molecule is Brc1cccc(-n2c3ccccc3c3cc([Si](c4ccccc4)(c4ccccc4)c4ccccc4)ccc32)c1.CC(C)(O)C(C)(C)O.CC1(C)OB(c2cccc(-n3c4ccccc4c4cc([Si](c5ccccc5)(c5ccccc5)c5ccccc5)ccc43)c2)OC1(C)C.CI.CI.[B]B1OC(C)(C)C(C)(C)O1. The maximum Gasteiger partial charge on any atom is 0.494 e. The van der Waals surface area contributed by atoms with Crippen molar-refractivity contribution in [1.82, 2.24) is 9.13 Å². The number of benzene rings is 12. The van der Waals surface area contributed by atoms with Crippen LogP contribution in [-0.4, -0.2) is 101 Å². The molecule has 2 fully saturated rings. The number of hydrogen-bond acceptors (Lipinski definition) is 6. The van der Waals surface area contributed by atoms with Gasteiger partial charge < -0.3 is 38.0 Å². The molecule has 4 heterocycles. The summed E-state index contributed by atoms with van der Waals surface area (Å²) in [6.07, 6.45) is 0. The molecule has 2 saturated heterocycles.